The summed E-state index contributed by atoms with van der Waals surface area (Å²) in [5.41, 5.74) is 1.36. The summed E-state index contributed by atoms with van der Waals surface area (Å²) >= 11 is 0. The van der Waals surface area contributed by atoms with Gasteiger partial charge in [0.05, 0.1) is 29.2 Å². The van der Waals surface area contributed by atoms with E-state index in [-0.39, 0.29) is 17.0 Å². The van der Waals surface area contributed by atoms with Crippen molar-refractivity contribution in [1.82, 2.24) is 4.72 Å². The van der Waals surface area contributed by atoms with Crippen molar-refractivity contribution < 1.29 is 17.9 Å². The lowest BCUT2D eigenvalue weighted by Gasteiger charge is -2.07. The van der Waals surface area contributed by atoms with E-state index in [2.05, 4.69) is 9.46 Å². The van der Waals surface area contributed by atoms with Gasteiger partial charge in [-0.1, -0.05) is 18.2 Å². The van der Waals surface area contributed by atoms with Gasteiger partial charge >= 0.3 is 5.97 Å². The first-order valence-corrected chi connectivity index (χ1v) is 8.11. The predicted molar refractivity (Wildman–Crippen MR) is 83.0 cm³/mol. The Balaban J connectivity index is 2.10. The molecule has 0 spiro atoms. The minimum atomic E-state index is -3.71. The number of hydrogen-bond donors (Lipinski definition) is 1. The number of nitriles is 1. The number of nitrogens with one attached hydrogen (secondary N) is 1. The Kier molecular flexibility index (Phi) is 5.11. The van der Waals surface area contributed by atoms with Gasteiger partial charge in [-0.05, 0) is 35.9 Å². The van der Waals surface area contributed by atoms with Crippen molar-refractivity contribution >= 4 is 16.0 Å². The molecule has 0 aliphatic heterocycles. The first-order chi connectivity index (χ1) is 11.0. The molecule has 0 bridgehead atoms. The molecular formula is C16H14N2O4S. The maximum Gasteiger partial charge on any atom is 0.337 e. The summed E-state index contributed by atoms with van der Waals surface area (Å²) in [7, 11) is -2.42. The minimum absolute atomic E-state index is 0.0303. The highest BCUT2D eigenvalue weighted by molar-refractivity contribution is 7.89. The van der Waals surface area contributed by atoms with Crippen LogP contribution < -0.4 is 4.72 Å². The molecule has 0 radical (unpaired) electrons. The summed E-state index contributed by atoms with van der Waals surface area (Å²) in [6.45, 7) is 0.0700. The predicted octanol–water partition coefficient (Wildman–Crippen LogP) is 1.82. The summed E-state index contributed by atoms with van der Waals surface area (Å²) in [4.78, 5) is 11.4. The molecule has 0 saturated carbocycles. The second-order valence-corrected chi connectivity index (χ2v) is 6.42. The summed E-state index contributed by atoms with van der Waals surface area (Å²) < 4.78 is 31.4. The standard InChI is InChI=1S/C16H14N2O4S/c1-22-16(19)14-7-5-12(6-8-14)11-18-23(20,21)15-4-2-3-13(9-15)10-17/h2-9,18H,11H2,1H3. The summed E-state index contributed by atoms with van der Waals surface area (Å²) in [6.07, 6.45) is 0. The lowest BCUT2D eigenvalue weighted by Crippen LogP contribution is -2.23. The number of rotatable bonds is 5. The number of nitrogens with zero attached hydrogens (tertiary/aromatic N) is 1. The Morgan fingerprint density at radius 1 is 1.22 bits per heavy atom. The third-order valence-electron chi connectivity index (χ3n) is 3.11. The van der Waals surface area contributed by atoms with Crippen LogP contribution in [0, 0.1) is 11.3 Å². The Hall–Kier alpha value is -2.69. The largest absolute Gasteiger partial charge is 0.465 e. The number of esters is 1. The van der Waals surface area contributed by atoms with E-state index in [9.17, 15) is 13.2 Å². The zero-order valence-corrected chi connectivity index (χ0v) is 13.1. The molecule has 0 aromatic heterocycles. The van der Waals surface area contributed by atoms with Gasteiger partial charge in [0.2, 0.25) is 10.0 Å². The fourth-order valence-corrected chi connectivity index (χ4v) is 2.93. The second kappa shape index (κ2) is 7.05. The number of carbonyl (C=O) groups is 1. The molecule has 0 heterocycles. The molecule has 0 aliphatic rings. The van der Waals surface area contributed by atoms with Gasteiger partial charge in [-0.2, -0.15) is 5.26 Å². The van der Waals surface area contributed by atoms with Crippen molar-refractivity contribution in [3.05, 3.63) is 65.2 Å². The van der Waals surface area contributed by atoms with E-state index in [4.69, 9.17) is 5.26 Å². The van der Waals surface area contributed by atoms with Crippen molar-refractivity contribution in [2.45, 2.75) is 11.4 Å². The molecule has 2 rings (SSSR count). The van der Waals surface area contributed by atoms with Crippen molar-refractivity contribution in [3.8, 4) is 6.07 Å². The van der Waals surface area contributed by atoms with Crippen molar-refractivity contribution in [1.29, 1.82) is 5.26 Å². The SMILES string of the molecule is COC(=O)c1ccc(CNS(=O)(=O)c2cccc(C#N)c2)cc1. The van der Waals surface area contributed by atoms with Crippen LogP contribution in [0.25, 0.3) is 0 Å². The van der Waals surface area contributed by atoms with Crippen LogP contribution in [-0.2, 0) is 21.3 Å². The average Bonchev–Trinajstić information content (AvgIpc) is 2.60. The average molecular weight is 330 g/mol. The van der Waals surface area contributed by atoms with Gasteiger partial charge in [0, 0.05) is 6.54 Å². The lowest BCUT2D eigenvalue weighted by atomic mass is 10.1. The van der Waals surface area contributed by atoms with Crippen LogP contribution in [0.1, 0.15) is 21.5 Å². The molecule has 2 aromatic rings. The maximum absolute atomic E-state index is 12.2. The van der Waals surface area contributed by atoms with Crippen molar-refractivity contribution in [2.75, 3.05) is 7.11 Å². The van der Waals surface area contributed by atoms with Gasteiger partial charge in [0.25, 0.3) is 0 Å². The van der Waals surface area contributed by atoms with Crippen LogP contribution in [0.4, 0.5) is 0 Å². The molecule has 0 amide bonds. The third-order valence-corrected chi connectivity index (χ3v) is 4.51. The van der Waals surface area contributed by atoms with E-state index in [1.807, 2.05) is 6.07 Å². The molecular weight excluding hydrogens is 316 g/mol. The van der Waals surface area contributed by atoms with Crippen molar-refractivity contribution in [3.63, 3.8) is 0 Å². The lowest BCUT2D eigenvalue weighted by molar-refractivity contribution is 0.0600. The van der Waals surface area contributed by atoms with Crippen LogP contribution in [-0.4, -0.2) is 21.5 Å². The Morgan fingerprint density at radius 3 is 2.52 bits per heavy atom. The summed E-state index contributed by atoms with van der Waals surface area (Å²) in [6, 6.07) is 14.1. The van der Waals surface area contributed by atoms with E-state index in [0.717, 1.165) is 0 Å². The molecule has 6 nitrogen and oxygen atoms in total. The molecule has 118 valence electrons. The topological polar surface area (TPSA) is 96.3 Å². The molecule has 23 heavy (non-hydrogen) atoms. The van der Waals surface area contributed by atoms with E-state index >= 15 is 0 Å². The van der Waals surface area contributed by atoms with Crippen molar-refractivity contribution in [2.24, 2.45) is 0 Å². The van der Waals surface area contributed by atoms with Gasteiger partial charge in [-0.25, -0.2) is 17.9 Å². The van der Waals surface area contributed by atoms with E-state index < -0.39 is 16.0 Å². The Bertz CT molecular complexity index is 852. The summed E-state index contributed by atoms with van der Waals surface area (Å²) in [5, 5.41) is 8.82. The second-order valence-electron chi connectivity index (χ2n) is 4.65. The molecule has 0 fully saturated rings. The number of sulfonamides is 1. The number of ether oxygens (including phenoxy) is 1. The monoisotopic (exact) mass is 330 g/mol. The fourth-order valence-electron chi connectivity index (χ4n) is 1.87. The summed E-state index contributed by atoms with van der Waals surface area (Å²) in [5.74, 6) is -0.453. The van der Waals surface area contributed by atoms with Gasteiger partial charge in [-0.3, -0.25) is 0 Å². The molecule has 2 aromatic carbocycles. The zero-order chi connectivity index (χ0) is 16.9. The number of methoxy groups -OCH3 is 1. The number of carbonyl (C=O) groups excluding carboxylic acids is 1. The third kappa shape index (κ3) is 4.16. The van der Waals surface area contributed by atoms with Crippen LogP contribution >= 0.6 is 0 Å². The molecule has 0 saturated heterocycles. The minimum Gasteiger partial charge on any atom is -0.465 e. The van der Waals surface area contributed by atoms with Gasteiger partial charge in [0.15, 0.2) is 0 Å². The number of benzene rings is 2. The fraction of sp³-hybridized carbons (Fsp3) is 0.125. The Labute approximate surface area is 134 Å². The molecule has 0 atom stereocenters. The quantitative estimate of drug-likeness (QED) is 0.844. The van der Waals surface area contributed by atoms with Crippen LogP contribution in [0.15, 0.2) is 53.4 Å². The van der Waals surface area contributed by atoms with E-state index in [1.54, 1.807) is 24.3 Å². The van der Waals surface area contributed by atoms with Gasteiger partial charge in [-0.15, -0.1) is 0 Å². The highest BCUT2D eigenvalue weighted by Crippen LogP contribution is 2.12. The number of hydrogen-bond acceptors (Lipinski definition) is 5. The van der Waals surface area contributed by atoms with E-state index in [0.29, 0.717) is 11.1 Å². The molecule has 0 aliphatic carbocycles. The van der Waals surface area contributed by atoms with Crippen LogP contribution in [0.3, 0.4) is 0 Å². The maximum atomic E-state index is 12.2. The first kappa shape index (κ1) is 16.7. The molecule has 7 heteroatoms. The highest BCUT2D eigenvalue weighted by Gasteiger charge is 2.14. The smallest absolute Gasteiger partial charge is 0.337 e. The molecule has 1 N–H and O–H groups in total. The van der Waals surface area contributed by atoms with E-state index in [1.165, 1.54) is 31.4 Å². The van der Waals surface area contributed by atoms with Gasteiger partial charge in [0.1, 0.15) is 0 Å². The highest BCUT2D eigenvalue weighted by atomic mass is 32.2. The zero-order valence-electron chi connectivity index (χ0n) is 12.3. The van der Waals surface area contributed by atoms with Gasteiger partial charge < -0.3 is 4.74 Å². The Morgan fingerprint density at radius 2 is 1.91 bits per heavy atom. The first-order valence-electron chi connectivity index (χ1n) is 6.63. The normalized spacial score (nSPS) is 10.8. The molecule has 0 unspecified atom stereocenters. The van der Waals surface area contributed by atoms with Crippen LogP contribution in [0.2, 0.25) is 0 Å². The van der Waals surface area contributed by atoms with Crippen LogP contribution in [0.5, 0.6) is 0 Å².